The number of piperazine rings is 1. The van der Waals surface area contributed by atoms with E-state index in [9.17, 15) is 9.59 Å². The molecular formula is C25H34N4O4. The van der Waals surface area contributed by atoms with E-state index in [0.29, 0.717) is 68.4 Å². The maximum atomic E-state index is 12.9. The molecule has 2 amide bonds. The van der Waals surface area contributed by atoms with Crippen LogP contribution in [0.25, 0.3) is 0 Å². The summed E-state index contributed by atoms with van der Waals surface area (Å²) in [4.78, 5) is 33.7. The van der Waals surface area contributed by atoms with Crippen LogP contribution < -0.4 is 19.7 Å². The van der Waals surface area contributed by atoms with Crippen molar-refractivity contribution in [1.82, 2.24) is 15.2 Å². The first-order valence-corrected chi connectivity index (χ1v) is 11.5. The predicted molar refractivity (Wildman–Crippen MR) is 128 cm³/mol. The van der Waals surface area contributed by atoms with E-state index >= 15 is 0 Å². The highest BCUT2D eigenvalue weighted by atomic mass is 16.5. The largest absolute Gasteiger partial charge is 0.493 e. The minimum atomic E-state index is -0.153. The second-order valence-corrected chi connectivity index (χ2v) is 8.04. The van der Waals surface area contributed by atoms with E-state index in [0.717, 1.165) is 18.4 Å². The molecule has 8 nitrogen and oxygen atoms in total. The van der Waals surface area contributed by atoms with Gasteiger partial charge < -0.3 is 24.6 Å². The molecule has 0 unspecified atom stereocenters. The van der Waals surface area contributed by atoms with Crippen LogP contribution >= 0.6 is 0 Å². The van der Waals surface area contributed by atoms with Crippen LogP contribution in [0.5, 0.6) is 11.5 Å². The Balaban J connectivity index is 1.57. The first kappa shape index (κ1) is 24.4. The molecule has 1 aliphatic rings. The Kier molecular flexibility index (Phi) is 8.92. The number of anilines is 1. The quantitative estimate of drug-likeness (QED) is 0.594. The lowest BCUT2D eigenvalue weighted by atomic mass is 10.1. The second kappa shape index (κ2) is 12.1. The number of pyridine rings is 1. The standard InChI is InChI=1S/C25H34N4O4/c1-4-5-8-23(30)28-14-16-29(17-15-28)24-20(7-6-12-26-24)25(31)27-13-11-19-9-10-21(32-2)22(18-19)33-3/h6-7,9-10,12,18H,4-5,8,11,13-17H2,1-3H3,(H,27,31). The zero-order chi connectivity index (χ0) is 23.6. The van der Waals surface area contributed by atoms with Gasteiger partial charge in [-0.15, -0.1) is 0 Å². The summed E-state index contributed by atoms with van der Waals surface area (Å²) in [7, 11) is 3.21. The third kappa shape index (κ3) is 6.37. The molecule has 1 aromatic heterocycles. The summed E-state index contributed by atoms with van der Waals surface area (Å²) in [5.74, 6) is 2.08. The molecular weight excluding hydrogens is 420 g/mol. The molecule has 0 radical (unpaired) electrons. The average molecular weight is 455 g/mol. The average Bonchev–Trinajstić information content (AvgIpc) is 2.87. The minimum Gasteiger partial charge on any atom is -0.493 e. The van der Waals surface area contributed by atoms with Crippen LogP contribution in [-0.2, 0) is 11.2 Å². The summed E-state index contributed by atoms with van der Waals surface area (Å²) >= 11 is 0. The van der Waals surface area contributed by atoms with E-state index in [4.69, 9.17) is 9.47 Å². The molecule has 2 aromatic rings. The fourth-order valence-corrected chi connectivity index (χ4v) is 3.93. The number of rotatable bonds is 10. The van der Waals surface area contributed by atoms with Crippen molar-refractivity contribution in [2.75, 3.05) is 51.8 Å². The minimum absolute atomic E-state index is 0.153. The van der Waals surface area contributed by atoms with Gasteiger partial charge in [-0.25, -0.2) is 4.98 Å². The van der Waals surface area contributed by atoms with Crippen molar-refractivity contribution < 1.29 is 19.1 Å². The Hall–Kier alpha value is -3.29. The third-order valence-corrected chi connectivity index (χ3v) is 5.85. The topological polar surface area (TPSA) is 84.0 Å². The molecule has 8 heteroatoms. The Morgan fingerprint density at radius 2 is 1.82 bits per heavy atom. The number of nitrogens with one attached hydrogen (secondary N) is 1. The molecule has 33 heavy (non-hydrogen) atoms. The van der Waals surface area contributed by atoms with Crippen LogP contribution in [0.4, 0.5) is 5.82 Å². The van der Waals surface area contributed by atoms with Crippen molar-refractivity contribution in [3.05, 3.63) is 47.7 Å². The first-order chi connectivity index (χ1) is 16.1. The molecule has 2 heterocycles. The summed E-state index contributed by atoms with van der Waals surface area (Å²) in [6.07, 6.45) is 4.92. The van der Waals surface area contributed by atoms with Crippen LogP contribution in [0.15, 0.2) is 36.5 Å². The van der Waals surface area contributed by atoms with Crippen molar-refractivity contribution in [2.24, 2.45) is 0 Å². The Morgan fingerprint density at radius 1 is 1.06 bits per heavy atom. The summed E-state index contributed by atoms with van der Waals surface area (Å²) in [5, 5.41) is 3.00. The molecule has 178 valence electrons. The number of hydrogen-bond donors (Lipinski definition) is 1. The van der Waals surface area contributed by atoms with Gasteiger partial charge in [0.2, 0.25) is 5.91 Å². The molecule has 0 aliphatic carbocycles. The van der Waals surface area contributed by atoms with Gasteiger partial charge in [-0.05, 0) is 42.7 Å². The van der Waals surface area contributed by atoms with Crippen LogP contribution in [0, 0.1) is 0 Å². The van der Waals surface area contributed by atoms with Gasteiger partial charge in [0.1, 0.15) is 5.82 Å². The van der Waals surface area contributed by atoms with Crippen molar-refractivity contribution >= 4 is 17.6 Å². The molecule has 3 rings (SSSR count). The van der Waals surface area contributed by atoms with Gasteiger partial charge in [0.15, 0.2) is 11.5 Å². The van der Waals surface area contributed by atoms with Crippen molar-refractivity contribution in [3.8, 4) is 11.5 Å². The van der Waals surface area contributed by atoms with Crippen molar-refractivity contribution in [3.63, 3.8) is 0 Å². The van der Waals surface area contributed by atoms with E-state index in [2.05, 4.69) is 22.1 Å². The monoisotopic (exact) mass is 454 g/mol. The highest BCUT2D eigenvalue weighted by Gasteiger charge is 2.24. The number of benzene rings is 1. The molecule has 0 saturated carbocycles. The zero-order valence-corrected chi connectivity index (χ0v) is 19.8. The lowest BCUT2D eigenvalue weighted by Crippen LogP contribution is -2.49. The van der Waals surface area contributed by atoms with E-state index in [-0.39, 0.29) is 11.8 Å². The van der Waals surface area contributed by atoms with Gasteiger partial charge in [-0.3, -0.25) is 9.59 Å². The van der Waals surface area contributed by atoms with Gasteiger partial charge in [0.25, 0.3) is 5.91 Å². The van der Waals surface area contributed by atoms with Gasteiger partial charge in [0, 0.05) is 45.3 Å². The van der Waals surface area contributed by atoms with Crippen LogP contribution in [-0.4, -0.2) is 68.6 Å². The van der Waals surface area contributed by atoms with Crippen LogP contribution in [0.3, 0.4) is 0 Å². The van der Waals surface area contributed by atoms with Crippen LogP contribution in [0.1, 0.15) is 42.1 Å². The number of nitrogens with zero attached hydrogens (tertiary/aromatic N) is 3. The first-order valence-electron chi connectivity index (χ1n) is 11.5. The number of carbonyl (C=O) groups is 2. The van der Waals surface area contributed by atoms with Crippen molar-refractivity contribution in [1.29, 1.82) is 0 Å². The SMILES string of the molecule is CCCCC(=O)N1CCN(c2ncccc2C(=O)NCCc2ccc(OC)c(OC)c2)CC1. The van der Waals surface area contributed by atoms with Crippen LogP contribution in [0.2, 0.25) is 0 Å². The summed E-state index contributed by atoms with van der Waals surface area (Å²) < 4.78 is 10.6. The summed E-state index contributed by atoms with van der Waals surface area (Å²) in [6.45, 7) is 5.22. The van der Waals surface area contributed by atoms with E-state index in [1.807, 2.05) is 23.1 Å². The molecule has 0 atom stereocenters. The maximum Gasteiger partial charge on any atom is 0.255 e. The number of carbonyl (C=O) groups excluding carboxylic acids is 2. The fourth-order valence-electron chi connectivity index (χ4n) is 3.93. The van der Waals surface area contributed by atoms with Crippen molar-refractivity contribution in [2.45, 2.75) is 32.6 Å². The molecule has 1 aliphatic heterocycles. The number of unbranched alkanes of at least 4 members (excludes halogenated alkanes) is 1. The maximum absolute atomic E-state index is 12.9. The Morgan fingerprint density at radius 3 is 2.52 bits per heavy atom. The second-order valence-electron chi connectivity index (χ2n) is 8.04. The third-order valence-electron chi connectivity index (χ3n) is 5.85. The lowest BCUT2D eigenvalue weighted by Gasteiger charge is -2.36. The normalized spacial score (nSPS) is 13.5. The highest BCUT2D eigenvalue weighted by Crippen LogP contribution is 2.27. The summed E-state index contributed by atoms with van der Waals surface area (Å²) in [5.41, 5.74) is 1.60. The van der Waals surface area contributed by atoms with Gasteiger partial charge in [0.05, 0.1) is 19.8 Å². The van der Waals surface area contributed by atoms with E-state index < -0.39 is 0 Å². The summed E-state index contributed by atoms with van der Waals surface area (Å²) in [6, 6.07) is 9.32. The number of methoxy groups -OCH3 is 2. The number of amides is 2. The Bertz CT molecular complexity index is 942. The van der Waals surface area contributed by atoms with Gasteiger partial charge in [-0.2, -0.15) is 0 Å². The zero-order valence-electron chi connectivity index (χ0n) is 19.8. The number of hydrogen-bond acceptors (Lipinski definition) is 6. The lowest BCUT2D eigenvalue weighted by molar-refractivity contribution is -0.131. The van der Waals surface area contributed by atoms with E-state index in [1.165, 1.54) is 0 Å². The number of ether oxygens (including phenoxy) is 2. The molecule has 1 aromatic carbocycles. The highest BCUT2D eigenvalue weighted by molar-refractivity contribution is 5.98. The number of aromatic nitrogens is 1. The molecule has 1 fully saturated rings. The smallest absolute Gasteiger partial charge is 0.255 e. The predicted octanol–water partition coefficient (Wildman–Crippen LogP) is 2.91. The van der Waals surface area contributed by atoms with Gasteiger partial charge >= 0.3 is 0 Å². The molecule has 0 bridgehead atoms. The fraction of sp³-hybridized carbons (Fsp3) is 0.480. The molecule has 1 N–H and O–H groups in total. The van der Waals surface area contributed by atoms with Gasteiger partial charge in [-0.1, -0.05) is 19.4 Å². The molecule has 1 saturated heterocycles. The van der Waals surface area contributed by atoms with E-state index in [1.54, 1.807) is 32.5 Å². The Labute approximate surface area is 195 Å². The molecule has 0 spiro atoms.